The predicted molar refractivity (Wildman–Crippen MR) is 101 cm³/mol. The Labute approximate surface area is 158 Å². The molecule has 0 fully saturated rings. The fourth-order valence-corrected chi connectivity index (χ4v) is 3.09. The Hall–Kier alpha value is -2.76. The first kappa shape index (κ1) is 16.7. The van der Waals surface area contributed by atoms with Crippen molar-refractivity contribution >= 4 is 45.9 Å². The summed E-state index contributed by atoms with van der Waals surface area (Å²) < 4.78 is 10.9. The summed E-state index contributed by atoms with van der Waals surface area (Å²) in [7, 11) is 0. The van der Waals surface area contributed by atoms with Crippen LogP contribution in [0.1, 0.15) is 16.1 Å². The Morgan fingerprint density at radius 2 is 2.00 bits per heavy atom. The number of aromatic nitrogens is 1. The molecule has 0 bridgehead atoms. The van der Waals surface area contributed by atoms with Crippen molar-refractivity contribution in [2.24, 2.45) is 0 Å². The van der Waals surface area contributed by atoms with Crippen LogP contribution in [0.25, 0.3) is 22.6 Å². The average Bonchev–Trinajstić information content (AvgIpc) is 3.26. The number of hydrogen-bond donors (Lipinski definition) is 1. The fraction of sp³-hybridized carbons (Fsp3) is 0.0526. The second-order valence-corrected chi connectivity index (χ2v) is 6.56. The van der Waals surface area contributed by atoms with Gasteiger partial charge in [-0.15, -0.1) is 0 Å². The minimum atomic E-state index is -0.331. The van der Waals surface area contributed by atoms with Crippen molar-refractivity contribution < 1.29 is 13.6 Å². The Kier molecular flexibility index (Phi) is 4.18. The molecular weight excluding hydrogens is 375 g/mol. The van der Waals surface area contributed by atoms with E-state index in [0.717, 1.165) is 5.56 Å². The van der Waals surface area contributed by atoms with Gasteiger partial charge in [-0.3, -0.25) is 4.79 Å². The van der Waals surface area contributed by atoms with Gasteiger partial charge in [0.25, 0.3) is 5.91 Å². The van der Waals surface area contributed by atoms with Crippen molar-refractivity contribution in [2.45, 2.75) is 6.92 Å². The maximum absolute atomic E-state index is 12.2. The van der Waals surface area contributed by atoms with Gasteiger partial charge in [0.15, 0.2) is 11.3 Å². The molecule has 26 heavy (non-hydrogen) atoms. The number of carbonyl (C=O) groups excluding carboxylic acids is 1. The largest absolute Gasteiger partial charge is 0.459 e. The number of furan rings is 1. The summed E-state index contributed by atoms with van der Waals surface area (Å²) in [5.74, 6) is 0.290. The maximum atomic E-state index is 12.2. The third-order valence-corrected chi connectivity index (χ3v) is 4.39. The summed E-state index contributed by atoms with van der Waals surface area (Å²) in [6, 6.07) is 12.1. The first-order chi connectivity index (χ1) is 12.5. The van der Waals surface area contributed by atoms with Gasteiger partial charge in [-0.2, -0.15) is 0 Å². The van der Waals surface area contributed by atoms with E-state index in [0.29, 0.717) is 38.3 Å². The summed E-state index contributed by atoms with van der Waals surface area (Å²) in [6.45, 7) is 1.89. The third kappa shape index (κ3) is 3.07. The Morgan fingerprint density at radius 3 is 2.77 bits per heavy atom. The Morgan fingerprint density at radius 1 is 1.15 bits per heavy atom. The van der Waals surface area contributed by atoms with E-state index in [9.17, 15) is 4.79 Å². The molecule has 0 aliphatic carbocycles. The number of rotatable bonds is 3. The van der Waals surface area contributed by atoms with E-state index in [2.05, 4.69) is 10.3 Å². The van der Waals surface area contributed by atoms with Gasteiger partial charge in [-0.1, -0.05) is 29.3 Å². The van der Waals surface area contributed by atoms with Crippen LogP contribution in [0.4, 0.5) is 5.69 Å². The van der Waals surface area contributed by atoms with Gasteiger partial charge in [-0.05, 0) is 48.9 Å². The van der Waals surface area contributed by atoms with Crippen molar-refractivity contribution in [3.05, 3.63) is 70.1 Å². The molecule has 0 saturated carbocycles. The van der Waals surface area contributed by atoms with Crippen molar-refractivity contribution in [2.75, 3.05) is 5.32 Å². The summed E-state index contributed by atoms with van der Waals surface area (Å²) in [5.41, 5.74) is 3.27. The molecule has 4 aromatic rings. The van der Waals surface area contributed by atoms with Crippen molar-refractivity contribution in [1.29, 1.82) is 0 Å². The van der Waals surface area contributed by atoms with E-state index >= 15 is 0 Å². The lowest BCUT2D eigenvalue weighted by Crippen LogP contribution is -2.11. The number of halogens is 2. The molecule has 7 heteroatoms. The van der Waals surface area contributed by atoms with E-state index in [-0.39, 0.29) is 11.7 Å². The monoisotopic (exact) mass is 386 g/mol. The lowest BCUT2D eigenvalue weighted by molar-refractivity contribution is 0.0996. The van der Waals surface area contributed by atoms with Gasteiger partial charge >= 0.3 is 0 Å². The van der Waals surface area contributed by atoms with Gasteiger partial charge in [0, 0.05) is 16.3 Å². The quantitative estimate of drug-likeness (QED) is 0.471. The number of hydrogen-bond acceptors (Lipinski definition) is 4. The zero-order valence-corrected chi connectivity index (χ0v) is 15.1. The maximum Gasteiger partial charge on any atom is 0.291 e. The highest BCUT2D eigenvalue weighted by atomic mass is 35.5. The molecule has 2 aromatic carbocycles. The fourth-order valence-electron chi connectivity index (χ4n) is 2.56. The SMILES string of the molecule is Cc1ccc(-c2nc3cc(Cl)cc(Cl)c3o2)cc1NC(=O)c1ccco1. The van der Waals surface area contributed by atoms with Crippen LogP contribution in [0.2, 0.25) is 10.0 Å². The summed E-state index contributed by atoms with van der Waals surface area (Å²) in [4.78, 5) is 16.7. The third-order valence-electron chi connectivity index (χ3n) is 3.89. The first-order valence-electron chi connectivity index (χ1n) is 7.73. The molecule has 0 saturated heterocycles. The second kappa shape index (κ2) is 6.52. The van der Waals surface area contributed by atoms with Gasteiger partial charge in [0.2, 0.25) is 5.89 Å². The lowest BCUT2D eigenvalue weighted by atomic mass is 10.1. The van der Waals surface area contributed by atoms with E-state index < -0.39 is 0 Å². The van der Waals surface area contributed by atoms with Gasteiger partial charge in [-0.25, -0.2) is 4.98 Å². The molecule has 2 aromatic heterocycles. The molecule has 0 atom stereocenters. The second-order valence-electron chi connectivity index (χ2n) is 5.72. The lowest BCUT2D eigenvalue weighted by Gasteiger charge is -2.08. The standard InChI is InChI=1S/C19H12Cl2N2O3/c1-10-4-5-11(7-14(10)22-18(24)16-3-2-6-25-16)19-23-15-9-12(20)8-13(21)17(15)26-19/h2-9H,1H3,(H,22,24). The molecule has 5 nitrogen and oxygen atoms in total. The number of oxazole rings is 1. The highest BCUT2D eigenvalue weighted by Crippen LogP contribution is 2.33. The van der Waals surface area contributed by atoms with E-state index in [1.165, 1.54) is 6.26 Å². The number of nitrogens with one attached hydrogen (secondary N) is 1. The van der Waals surface area contributed by atoms with Crippen molar-refractivity contribution in [3.8, 4) is 11.5 Å². The van der Waals surface area contributed by atoms with Crippen LogP contribution in [-0.2, 0) is 0 Å². The van der Waals surface area contributed by atoms with Crippen LogP contribution >= 0.6 is 23.2 Å². The van der Waals surface area contributed by atoms with Crippen molar-refractivity contribution in [3.63, 3.8) is 0 Å². The minimum absolute atomic E-state index is 0.234. The minimum Gasteiger partial charge on any atom is -0.459 e. The zero-order chi connectivity index (χ0) is 18.3. The van der Waals surface area contributed by atoms with Crippen LogP contribution in [0.5, 0.6) is 0 Å². The van der Waals surface area contributed by atoms with Gasteiger partial charge in [0.1, 0.15) is 5.52 Å². The van der Waals surface area contributed by atoms with E-state index in [4.69, 9.17) is 32.0 Å². The molecule has 2 heterocycles. The van der Waals surface area contributed by atoms with E-state index in [1.807, 2.05) is 19.1 Å². The number of benzene rings is 2. The molecule has 0 unspecified atom stereocenters. The topological polar surface area (TPSA) is 68.3 Å². The van der Waals surface area contributed by atoms with E-state index in [1.54, 1.807) is 30.3 Å². The molecule has 1 N–H and O–H groups in total. The smallest absolute Gasteiger partial charge is 0.291 e. The first-order valence-corrected chi connectivity index (χ1v) is 8.48. The number of nitrogens with zero attached hydrogens (tertiary/aromatic N) is 1. The summed E-state index contributed by atoms with van der Waals surface area (Å²) in [6.07, 6.45) is 1.45. The Balaban J connectivity index is 1.72. The number of anilines is 1. The Bertz CT molecular complexity index is 1120. The number of amides is 1. The average molecular weight is 387 g/mol. The van der Waals surface area contributed by atoms with Gasteiger partial charge < -0.3 is 14.2 Å². The van der Waals surface area contributed by atoms with Crippen LogP contribution in [0.3, 0.4) is 0 Å². The number of carbonyl (C=O) groups is 1. The summed E-state index contributed by atoms with van der Waals surface area (Å²) >= 11 is 12.2. The van der Waals surface area contributed by atoms with Gasteiger partial charge in [0.05, 0.1) is 11.3 Å². The molecule has 0 aliphatic heterocycles. The molecule has 1 amide bonds. The molecule has 130 valence electrons. The van der Waals surface area contributed by atoms with Crippen LogP contribution in [-0.4, -0.2) is 10.9 Å². The summed E-state index contributed by atoms with van der Waals surface area (Å²) in [5, 5.41) is 3.70. The number of aryl methyl sites for hydroxylation is 1. The molecule has 0 spiro atoms. The normalized spacial score (nSPS) is 11.0. The number of fused-ring (bicyclic) bond motifs is 1. The highest BCUT2D eigenvalue weighted by Gasteiger charge is 2.15. The predicted octanol–water partition coefficient (Wildman–Crippen LogP) is 5.96. The van der Waals surface area contributed by atoms with Crippen LogP contribution in [0, 0.1) is 6.92 Å². The molecule has 0 radical (unpaired) electrons. The van der Waals surface area contributed by atoms with Crippen LogP contribution < -0.4 is 5.32 Å². The molecule has 4 rings (SSSR count). The molecular formula is C19H12Cl2N2O3. The van der Waals surface area contributed by atoms with Crippen molar-refractivity contribution in [1.82, 2.24) is 4.98 Å². The zero-order valence-electron chi connectivity index (χ0n) is 13.5. The molecule has 0 aliphatic rings. The highest BCUT2D eigenvalue weighted by molar-refractivity contribution is 6.38. The van der Waals surface area contributed by atoms with Crippen LogP contribution in [0.15, 0.2) is 57.6 Å².